The van der Waals surface area contributed by atoms with E-state index in [2.05, 4.69) is 10.4 Å². The van der Waals surface area contributed by atoms with Crippen molar-refractivity contribution in [3.05, 3.63) is 16.6 Å². The van der Waals surface area contributed by atoms with Crippen molar-refractivity contribution < 1.29 is 14.7 Å². The van der Waals surface area contributed by atoms with Gasteiger partial charge in [-0.15, -0.1) is 11.3 Å². The lowest BCUT2D eigenvalue weighted by Crippen LogP contribution is -2.51. The molecule has 0 aliphatic rings. The largest absolute Gasteiger partial charge is 0.480 e. The zero-order valence-electron chi connectivity index (χ0n) is 12.6. The van der Waals surface area contributed by atoms with Crippen molar-refractivity contribution >= 4 is 33.4 Å². The Bertz CT molecular complexity index is 669. The third-order valence-electron chi connectivity index (χ3n) is 3.53. The van der Waals surface area contributed by atoms with E-state index in [-0.39, 0.29) is 5.91 Å². The predicted octanol–water partition coefficient (Wildman–Crippen LogP) is 2.32. The molecular formula is C14H19N3O3S. The second kappa shape index (κ2) is 5.48. The molecule has 0 aliphatic heterocycles. The number of amides is 1. The minimum atomic E-state index is -1.24. The molecule has 2 aromatic rings. The van der Waals surface area contributed by atoms with Crippen LogP contribution in [0.5, 0.6) is 0 Å². The number of fused-ring (bicyclic) bond motifs is 1. The lowest BCUT2D eigenvalue weighted by molar-refractivity contribution is -0.144. The number of aromatic nitrogens is 2. The summed E-state index contributed by atoms with van der Waals surface area (Å²) < 4.78 is 1.73. The molecule has 0 aromatic carbocycles. The molecule has 114 valence electrons. The van der Waals surface area contributed by atoms with Gasteiger partial charge in [-0.05, 0) is 26.3 Å². The zero-order valence-corrected chi connectivity index (χ0v) is 13.4. The topological polar surface area (TPSA) is 84.2 Å². The normalized spacial score (nSPS) is 14.1. The highest BCUT2D eigenvalue weighted by Crippen LogP contribution is 2.28. The fraction of sp³-hybridized carbons (Fsp3) is 0.500. The van der Waals surface area contributed by atoms with Crippen LogP contribution in [0.3, 0.4) is 0 Å². The number of aliphatic carboxylic acids is 1. The molecular weight excluding hydrogens is 290 g/mol. The molecule has 2 rings (SSSR count). The van der Waals surface area contributed by atoms with Crippen LogP contribution in [0.15, 0.2) is 6.07 Å². The van der Waals surface area contributed by atoms with Crippen molar-refractivity contribution in [1.29, 1.82) is 0 Å². The minimum Gasteiger partial charge on any atom is -0.480 e. The molecule has 0 radical (unpaired) electrons. The number of hydrogen-bond donors (Lipinski definition) is 2. The molecule has 1 atom stereocenters. The third kappa shape index (κ3) is 2.78. The molecule has 6 nitrogen and oxygen atoms in total. The summed E-state index contributed by atoms with van der Waals surface area (Å²) in [5.74, 6) is -1.37. The third-order valence-corrected chi connectivity index (χ3v) is 4.73. The van der Waals surface area contributed by atoms with Crippen LogP contribution in [0.25, 0.3) is 10.2 Å². The van der Waals surface area contributed by atoms with Gasteiger partial charge in [0.05, 0.1) is 10.6 Å². The van der Waals surface area contributed by atoms with Gasteiger partial charge in [-0.1, -0.05) is 13.3 Å². The minimum absolute atomic E-state index is 0.353. The van der Waals surface area contributed by atoms with Crippen LogP contribution in [0.1, 0.15) is 42.1 Å². The number of nitrogens with one attached hydrogen (secondary N) is 1. The summed E-state index contributed by atoms with van der Waals surface area (Å²) in [6, 6.07) is 1.77. The number of nitrogens with zero attached hydrogens (tertiary/aromatic N) is 2. The van der Waals surface area contributed by atoms with Gasteiger partial charge in [0.1, 0.15) is 10.4 Å². The number of carbonyl (C=O) groups excluding carboxylic acids is 1. The van der Waals surface area contributed by atoms with E-state index in [0.717, 1.165) is 15.9 Å². The first-order chi connectivity index (χ1) is 9.78. The van der Waals surface area contributed by atoms with Gasteiger partial charge in [0.2, 0.25) is 0 Å². The van der Waals surface area contributed by atoms with Crippen molar-refractivity contribution in [3.63, 3.8) is 0 Å². The maximum atomic E-state index is 12.3. The number of carbonyl (C=O) groups is 2. The average Bonchev–Trinajstić information content (AvgIpc) is 2.92. The number of aryl methyl sites for hydroxylation is 2. The number of rotatable bonds is 5. The molecule has 2 heterocycles. The highest BCUT2D eigenvalue weighted by Gasteiger charge is 2.34. The van der Waals surface area contributed by atoms with E-state index in [1.165, 1.54) is 18.3 Å². The smallest absolute Gasteiger partial charge is 0.329 e. The Morgan fingerprint density at radius 2 is 2.19 bits per heavy atom. The number of carboxylic acids is 1. The van der Waals surface area contributed by atoms with Gasteiger partial charge < -0.3 is 10.4 Å². The van der Waals surface area contributed by atoms with Crippen LogP contribution in [-0.2, 0) is 11.8 Å². The Balaban J connectivity index is 2.29. The highest BCUT2D eigenvalue weighted by atomic mass is 32.1. The van der Waals surface area contributed by atoms with Crippen LogP contribution in [0, 0.1) is 6.92 Å². The monoisotopic (exact) mass is 309 g/mol. The average molecular weight is 309 g/mol. The second-order valence-corrected chi connectivity index (χ2v) is 6.41. The van der Waals surface area contributed by atoms with Gasteiger partial charge in [0, 0.05) is 12.4 Å². The van der Waals surface area contributed by atoms with Crippen molar-refractivity contribution in [2.45, 2.75) is 39.2 Å². The summed E-state index contributed by atoms with van der Waals surface area (Å²) in [7, 11) is 1.83. The summed E-state index contributed by atoms with van der Waals surface area (Å²) in [5, 5.41) is 17.2. The van der Waals surface area contributed by atoms with Crippen molar-refractivity contribution in [2.24, 2.45) is 7.05 Å². The summed E-state index contributed by atoms with van der Waals surface area (Å²) in [5.41, 5.74) is -0.382. The summed E-state index contributed by atoms with van der Waals surface area (Å²) in [6.07, 6.45) is 1.07. The maximum absolute atomic E-state index is 12.3. The van der Waals surface area contributed by atoms with Crippen LogP contribution in [-0.4, -0.2) is 32.3 Å². The van der Waals surface area contributed by atoms with Crippen molar-refractivity contribution in [1.82, 2.24) is 15.1 Å². The van der Waals surface area contributed by atoms with Crippen molar-refractivity contribution in [3.8, 4) is 0 Å². The molecule has 2 aromatic heterocycles. The van der Waals surface area contributed by atoms with Gasteiger partial charge >= 0.3 is 5.97 Å². The molecule has 0 bridgehead atoms. The van der Waals surface area contributed by atoms with Gasteiger partial charge in [0.25, 0.3) is 5.91 Å². The van der Waals surface area contributed by atoms with Crippen LogP contribution < -0.4 is 5.32 Å². The number of thiophene rings is 1. The Hall–Kier alpha value is -1.89. The number of carboxylic acid groups (broad SMARTS) is 1. The first kappa shape index (κ1) is 15.5. The standard InChI is InChI=1S/C14H19N3O3S/c1-5-6-14(3,13(19)20)15-11(18)10-7-9-8(2)16-17(4)12(9)21-10/h7H,5-6H2,1-4H3,(H,15,18)(H,19,20)/t14-/m0/s1. The molecule has 0 saturated heterocycles. The van der Waals surface area contributed by atoms with Gasteiger partial charge in [-0.3, -0.25) is 9.48 Å². The number of hydrogen-bond acceptors (Lipinski definition) is 4. The quantitative estimate of drug-likeness (QED) is 0.887. The zero-order chi connectivity index (χ0) is 15.8. The lowest BCUT2D eigenvalue weighted by atomic mass is 9.96. The molecule has 7 heteroatoms. The molecule has 0 saturated carbocycles. The SMILES string of the molecule is CCC[C@](C)(NC(=O)c1cc2c(C)nn(C)c2s1)C(=O)O. The van der Waals surface area contributed by atoms with Crippen LogP contribution in [0.4, 0.5) is 0 Å². The van der Waals surface area contributed by atoms with E-state index in [1.54, 1.807) is 10.7 Å². The van der Waals surface area contributed by atoms with Gasteiger partial charge in [-0.25, -0.2) is 4.79 Å². The Morgan fingerprint density at radius 1 is 1.52 bits per heavy atom. The molecule has 0 fully saturated rings. The first-order valence-electron chi connectivity index (χ1n) is 6.77. The second-order valence-electron chi connectivity index (χ2n) is 5.38. The van der Waals surface area contributed by atoms with E-state index < -0.39 is 11.5 Å². The summed E-state index contributed by atoms with van der Waals surface area (Å²) in [6.45, 7) is 5.31. The predicted molar refractivity (Wildman–Crippen MR) is 81.7 cm³/mol. The van der Waals surface area contributed by atoms with Crippen LogP contribution >= 0.6 is 11.3 Å². The van der Waals surface area contributed by atoms with E-state index in [9.17, 15) is 14.7 Å². The molecule has 0 aliphatic carbocycles. The fourth-order valence-corrected chi connectivity index (χ4v) is 3.37. The van der Waals surface area contributed by atoms with Gasteiger partial charge in [-0.2, -0.15) is 5.10 Å². The van der Waals surface area contributed by atoms with Crippen LogP contribution in [0.2, 0.25) is 0 Å². The molecule has 0 spiro atoms. The first-order valence-corrected chi connectivity index (χ1v) is 7.59. The molecule has 21 heavy (non-hydrogen) atoms. The fourth-order valence-electron chi connectivity index (χ4n) is 2.35. The molecule has 0 unspecified atom stereocenters. The van der Waals surface area contributed by atoms with Crippen molar-refractivity contribution in [2.75, 3.05) is 0 Å². The van der Waals surface area contributed by atoms with E-state index in [0.29, 0.717) is 17.7 Å². The highest BCUT2D eigenvalue weighted by molar-refractivity contribution is 7.20. The Labute approximate surface area is 126 Å². The summed E-state index contributed by atoms with van der Waals surface area (Å²) >= 11 is 1.32. The Morgan fingerprint density at radius 3 is 2.71 bits per heavy atom. The Kier molecular flexibility index (Phi) is 4.04. The van der Waals surface area contributed by atoms with E-state index in [4.69, 9.17) is 0 Å². The summed E-state index contributed by atoms with van der Waals surface area (Å²) in [4.78, 5) is 25.1. The molecule has 2 N–H and O–H groups in total. The lowest BCUT2D eigenvalue weighted by Gasteiger charge is -2.25. The molecule has 1 amide bonds. The van der Waals surface area contributed by atoms with E-state index >= 15 is 0 Å². The van der Waals surface area contributed by atoms with E-state index in [1.807, 2.05) is 20.9 Å². The van der Waals surface area contributed by atoms with Gasteiger partial charge in [0.15, 0.2) is 0 Å². The maximum Gasteiger partial charge on any atom is 0.329 e.